The number of rotatable bonds is 7. The van der Waals surface area contributed by atoms with Gasteiger partial charge in [-0.15, -0.1) is 0 Å². The molecule has 6 nitrogen and oxygen atoms in total. The van der Waals surface area contributed by atoms with Gasteiger partial charge in [-0.2, -0.15) is 0 Å². The van der Waals surface area contributed by atoms with Gasteiger partial charge in [0.25, 0.3) is 5.91 Å². The highest BCUT2D eigenvalue weighted by molar-refractivity contribution is 7.80. The molecule has 2 amide bonds. The van der Waals surface area contributed by atoms with Gasteiger partial charge in [0, 0.05) is 17.1 Å². The average Bonchev–Trinajstić information content (AvgIpc) is 2.66. The molecule has 0 spiro atoms. The Hall–Kier alpha value is -2.06. The van der Waals surface area contributed by atoms with Gasteiger partial charge in [0.2, 0.25) is 5.91 Å². The maximum Gasteiger partial charge on any atom is 0.266 e. The third kappa shape index (κ3) is 7.32. The van der Waals surface area contributed by atoms with Crippen molar-refractivity contribution in [1.29, 1.82) is 0 Å². The number of carbonyl (C=O) groups is 2. The van der Waals surface area contributed by atoms with E-state index in [1.165, 1.54) is 6.07 Å². The van der Waals surface area contributed by atoms with Gasteiger partial charge in [-0.1, -0.05) is 41.7 Å². The van der Waals surface area contributed by atoms with E-state index in [-0.39, 0.29) is 16.0 Å². The lowest BCUT2D eigenvalue weighted by Crippen LogP contribution is -2.42. The summed E-state index contributed by atoms with van der Waals surface area (Å²) in [5.74, 6) is -0.267. The van der Waals surface area contributed by atoms with Crippen molar-refractivity contribution < 1.29 is 14.3 Å². The fraction of sp³-hybridized carbons (Fsp3) is 0.250. The Morgan fingerprint density at radius 2 is 1.80 bits per heavy atom. The molecule has 0 radical (unpaired) electrons. The van der Waals surface area contributed by atoms with Crippen LogP contribution in [0.2, 0.25) is 15.1 Å². The van der Waals surface area contributed by atoms with Crippen molar-refractivity contribution in [3.63, 3.8) is 0 Å². The normalized spacial score (nSPS) is 11.4. The van der Waals surface area contributed by atoms with Crippen molar-refractivity contribution in [3.8, 4) is 5.75 Å². The molecule has 2 aromatic rings. The molecule has 0 heterocycles. The van der Waals surface area contributed by atoms with Gasteiger partial charge in [-0.05, 0) is 62.0 Å². The summed E-state index contributed by atoms with van der Waals surface area (Å²) < 4.78 is 5.56. The summed E-state index contributed by atoms with van der Waals surface area (Å²) in [5, 5.41) is 9.28. The van der Waals surface area contributed by atoms with Crippen LogP contribution < -0.4 is 20.7 Å². The van der Waals surface area contributed by atoms with E-state index in [0.29, 0.717) is 33.6 Å². The minimum atomic E-state index is -0.876. The van der Waals surface area contributed by atoms with Crippen LogP contribution in [-0.2, 0) is 9.59 Å². The van der Waals surface area contributed by atoms with Crippen molar-refractivity contribution in [3.05, 3.63) is 51.5 Å². The Morgan fingerprint density at radius 1 is 1.07 bits per heavy atom. The van der Waals surface area contributed by atoms with Crippen LogP contribution in [0, 0.1) is 0 Å². The first-order valence-electron chi connectivity index (χ1n) is 9.02. The number of halogens is 3. The molecule has 0 saturated carbocycles. The molecule has 1 atom stereocenters. The van der Waals surface area contributed by atoms with Gasteiger partial charge < -0.3 is 15.4 Å². The summed E-state index contributed by atoms with van der Waals surface area (Å²) in [6, 6.07) is 9.61. The quantitative estimate of drug-likeness (QED) is 0.438. The molecular formula is C20H20Cl3N3O3S. The number of amides is 2. The largest absolute Gasteiger partial charge is 0.479 e. The van der Waals surface area contributed by atoms with Gasteiger partial charge in [0.15, 0.2) is 11.2 Å². The summed E-state index contributed by atoms with van der Waals surface area (Å²) in [6.07, 6.45) is 0.274. The van der Waals surface area contributed by atoms with Crippen molar-refractivity contribution in [2.24, 2.45) is 0 Å². The molecule has 1 unspecified atom stereocenters. The van der Waals surface area contributed by atoms with Gasteiger partial charge in [0.1, 0.15) is 5.75 Å². The fourth-order valence-corrected chi connectivity index (χ4v) is 3.16. The van der Waals surface area contributed by atoms with E-state index < -0.39 is 12.0 Å². The van der Waals surface area contributed by atoms with Crippen LogP contribution in [0.4, 0.5) is 11.4 Å². The summed E-state index contributed by atoms with van der Waals surface area (Å²) in [5.41, 5.74) is 0.995. The molecule has 2 aromatic carbocycles. The lowest BCUT2D eigenvalue weighted by Gasteiger charge is -2.17. The van der Waals surface area contributed by atoms with Crippen LogP contribution in [-0.4, -0.2) is 23.0 Å². The number of thiocarbonyl (C=S) groups is 1. The van der Waals surface area contributed by atoms with Gasteiger partial charge in [-0.25, -0.2) is 0 Å². The van der Waals surface area contributed by atoms with Crippen LogP contribution in [0.5, 0.6) is 5.75 Å². The van der Waals surface area contributed by atoms with E-state index in [9.17, 15) is 9.59 Å². The molecule has 0 aliphatic rings. The Balaban J connectivity index is 1.97. The number of nitrogens with one attached hydrogen (secondary N) is 3. The van der Waals surface area contributed by atoms with Crippen LogP contribution in [0.3, 0.4) is 0 Å². The summed E-state index contributed by atoms with van der Waals surface area (Å²) >= 11 is 23.3. The van der Waals surface area contributed by atoms with Crippen LogP contribution in [0.15, 0.2) is 36.4 Å². The Labute approximate surface area is 195 Å². The van der Waals surface area contributed by atoms with E-state index in [1.54, 1.807) is 37.3 Å². The van der Waals surface area contributed by atoms with E-state index in [4.69, 9.17) is 51.8 Å². The van der Waals surface area contributed by atoms with Gasteiger partial charge in [-0.3, -0.25) is 14.9 Å². The Kier molecular flexibility index (Phi) is 9.17. The van der Waals surface area contributed by atoms with Crippen LogP contribution in [0.1, 0.15) is 26.7 Å². The fourth-order valence-electron chi connectivity index (χ4n) is 2.33. The lowest BCUT2D eigenvalue weighted by atomic mass is 10.2. The number of hydrogen-bond acceptors (Lipinski definition) is 4. The monoisotopic (exact) mass is 487 g/mol. The standard InChI is InChI=1S/C20H20Cl3N3O3S/c1-3-4-18(27)24-13-6-7-14(22)16(10-13)25-20(30)26-19(28)11(2)29-17-8-5-12(21)9-15(17)23/h5-11H,3-4H2,1-2H3,(H,24,27)(H2,25,26,28,30). The Morgan fingerprint density at radius 3 is 2.47 bits per heavy atom. The van der Waals surface area contributed by atoms with Crippen LogP contribution >= 0.6 is 47.0 Å². The first kappa shape index (κ1) is 24.2. The average molecular weight is 489 g/mol. The zero-order chi connectivity index (χ0) is 22.3. The Bertz CT molecular complexity index is 956. The lowest BCUT2D eigenvalue weighted by molar-refractivity contribution is -0.125. The zero-order valence-electron chi connectivity index (χ0n) is 16.2. The number of hydrogen-bond donors (Lipinski definition) is 3. The number of benzene rings is 2. The predicted molar refractivity (Wildman–Crippen MR) is 126 cm³/mol. The van der Waals surface area contributed by atoms with Crippen molar-refractivity contribution in [2.45, 2.75) is 32.8 Å². The molecule has 0 aliphatic carbocycles. The highest BCUT2D eigenvalue weighted by Gasteiger charge is 2.18. The molecule has 0 bridgehead atoms. The van der Waals surface area contributed by atoms with Crippen molar-refractivity contribution in [2.75, 3.05) is 10.6 Å². The molecule has 3 N–H and O–H groups in total. The second-order valence-electron chi connectivity index (χ2n) is 6.27. The number of anilines is 2. The maximum atomic E-state index is 12.4. The minimum Gasteiger partial charge on any atom is -0.479 e. The second kappa shape index (κ2) is 11.4. The number of ether oxygens (including phenoxy) is 1. The third-order valence-corrected chi connectivity index (χ3v) is 4.84. The van der Waals surface area contributed by atoms with E-state index in [1.807, 2.05) is 6.92 Å². The van der Waals surface area contributed by atoms with E-state index in [0.717, 1.165) is 6.42 Å². The zero-order valence-corrected chi connectivity index (χ0v) is 19.3. The highest BCUT2D eigenvalue weighted by Crippen LogP contribution is 2.28. The highest BCUT2D eigenvalue weighted by atomic mass is 35.5. The molecule has 0 aromatic heterocycles. The second-order valence-corrected chi connectivity index (χ2v) is 7.93. The summed E-state index contributed by atoms with van der Waals surface area (Å²) in [7, 11) is 0. The summed E-state index contributed by atoms with van der Waals surface area (Å²) in [6.45, 7) is 3.47. The molecule has 0 fully saturated rings. The molecule has 2 rings (SSSR count). The number of carbonyl (C=O) groups excluding carboxylic acids is 2. The van der Waals surface area contributed by atoms with Crippen molar-refractivity contribution in [1.82, 2.24) is 5.32 Å². The van der Waals surface area contributed by atoms with E-state index in [2.05, 4.69) is 16.0 Å². The van der Waals surface area contributed by atoms with E-state index >= 15 is 0 Å². The smallest absolute Gasteiger partial charge is 0.266 e. The molecular weight excluding hydrogens is 469 g/mol. The van der Waals surface area contributed by atoms with Gasteiger partial charge >= 0.3 is 0 Å². The molecule has 0 aliphatic heterocycles. The van der Waals surface area contributed by atoms with Crippen LogP contribution in [0.25, 0.3) is 0 Å². The minimum absolute atomic E-state index is 0.0246. The first-order chi connectivity index (χ1) is 14.2. The molecule has 10 heteroatoms. The third-order valence-electron chi connectivity index (χ3n) is 3.78. The summed E-state index contributed by atoms with van der Waals surface area (Å²) in [4.78, 5) is 24.1. The topological polar surface area (TPSA) is 79.5 Å². The first-order valence-corrected chi connectivity index (χ1v) is 10.6. The molecule has 160 valence electrons. The molecule has 30 heavy (non-hydrogen) atoms. The maximum absolute atomic E-state index is 12.4. The predicted octanol–water partition coefficient (Wildman–Crippen LogP) is 5.67. The SMILES string of the molecule is CCCC(=O)Nc1ccc(Cl)c(NC(=S)NC(=O)C(C)Oc2ccc(Cl)cc2Cl)c1. The van der Waals surface area contributed by atoms with Gasteiger partial charge in [0.05, 0.1) is 15.7 Å². The van der Waals surface area contributed by atoms with Crippen molar-refractivity contribution >= 4 is 75.3 Å². The molecule has 0 saturated heterocycles.